The highest BCUT2D eigenvalue weighted by molar-refractivity contribution is 8.13. The fraction of sp³-hybridized carbons (Fsp3) is 0.533. The Hall–Kier alpha value is -1.64. The first-order chi connectivity index (χ1) is 11.1. The van der Waals surface area contributed by atoms with Gasteiger partial charge in [0.1, 0.15) is 16.6 Å². The molecule has 1 aromatic rings. The van der Waals surface area contributed by atoms with Crippen molar-refractivity contribution in [2.24, 2.45) is 5.16 Å². The molecule has 0 atom stereocenters. The van der Waals surface area contributed by atoms with Gasteiger partial charge in [0.15, 0.2) is 11.5 Å². The topological polar surface area (TPSA) is 40.0 Å². The number of oxime groups is 1. The summed E-state index contributed by atoms with van der Waals surface area (Å²) in [5.41, 5.74) is -0.465. The molecule has 0 spiro atoms. The summed E-state index contributed by atoms with van der Waals surface area (Å²) in [5, 5.41) is 4.35. The van der Waals surface area contributed by atoms with Gasteiger partial charge in [-0.25, -0.2) is 0 Å². The van der Waals surface area contributed by atoms with Gasteiger partial charge < -0.3 is 14.3 Å². The van der Waals surface area contributed by atoms with E-state index < -0.39 is 46.5 Å². The normalized spacial score (nSPS) is 16.1. The van der Waals surface area contributed by atoms with Crippen molar-refractivity contribution in [3.8, 4) is 11.5 Å². The van der Waals surface area contributed by atoms with Gasteiger partial charge in [-0.2, -0.15) is 17.6 Å². The van der Waals surface area contributed by atoms with Gasteiger partial charge >= 0.3 is 0 Å². The van der Waals surface area contributed by atoms with Crippen LogP contribution in [0.25, 0.3) is 0 Å². The Morgan fingerprint density at radius 2 is 1.62 bits per heavy atom. The zero-order valence-corrected chi connectivity index (χ0v) is 14.4. The third kappa shape index (κ3) is 4.06. The van der Waals surface area contributed by atoms with Crippen LogP contribution in [0.4, 0.5) is 17.6 Å². The SMILES string of the molecule is CC(C)Oc1c(F)c(F)c(OCSC2=NOC(C)(C)C2)c(F)c1F. The van der Waals surface area contributed by atoms with E-state index in [-0.39, 0.29) is 5.94 Å². The molecule has 0 saturated heterocycles. The van der Waals surface area contributed by atoms with Crippen LogP contribution in [0.2, 0.25) is 0 Å². The van der Waals surface area contributed by atoms with E-state index in [0.29, 0.717) is 11.5 Å². The smallest absolute Gasteiger partial charge is 0.207 e. The number of thioether (sulfide) groups is 1. The summed E-state index contributed by atoms with van der Waals surface area (Å²) >= 11 is 1.02. The van der Waals surface area contributed by atoms with Gasteiger partial charge in [0.25, 0.3) is 0 Å². The lowest BCUT2D eigenvalue weighted by Crippen LogP contribution is -2.18. The van der Waals surface area contributed by atoms with E-state index in [2.05, 4.69) is 5.16 Å². The van der Waals surface area contributed by atoms with Gasteiger partial charge in [-0.05, 0) is 27.7 Å². The molecule has 1 aliphatic heterocycles. The molecule has 134 valence electrons. The molecule has 1 aromatic carbocycles. The van der Waals surface area contributed by atoms with Crippen LogP contribution < -0.4 is 9.47 Å². The Morgan fingerprint density at radius 3 is 2.08 bits per heavy atom. The third-order valence-electron chi connectivity index (χ3n) is 2.94. The number of nitrogens with zero attached hydrogens (tertiary/aromatic N) is 1. The van der Waals surface area contributed by atoms with Gasteiger partial charge in [0.05, 0.1) is 6.10 Å². The summed E-state index contributed by atoms with van der Waals surface area (Å²) in [6, 6.07) is 0. The summed E-state index contributed by atoms with van der Waals surface area (Å²) < 4.78 is 65.2. The zero-order valence-electron chi connectivity index (χ0n) is 13.6. The van der Waals surface area contributed by atoms with E-state index in [0.717, 1.165) is 11.8 Å². The van der Waals surface area contributed by atoms with Crippen molar-refractivity contribution in [2.45, 2.75) is 45.8 Å². The van der Waals surface area contributed by atoms with Crippen LogP contribution in [-0.4, -0.2) is 22.7 Å². The second kappa shape index (κ2) is 7.08. The molecule has 4 nitrogen and oxygen atoms in total. The Bertz CT molecular complexity index is 636. The van der Waals surface area contributed by atoms with Crippen LogP contribution in [0.1, 0.15) is 34.1 Å². The summed E-state index contributed by atoms with van der Waals surface area (Å²) in [5.74, 6) is -9.07. The molecule has 0 bridgehead atoms. The molecule has 0 fully saturated rings. The maximum atomic E-state index is 13.9. The average Bonchev–Trinajstić information content (AvgIpc) is 2.84. The van der Waals surface area contributed by atoms with Crippen LogP contribution in [0, 0.1) is 23.3 Å². The molecule has 0 aromatic heterocycles. The molecule has 0 unspecified atom stereocenters. The molecule has 0 saturated carbocycles. The molecular weight excluding hydrogens is 350 g/mol. The molecule has 1 heterocycles. The summed E-state index contributed by atoms with van der Waals surface area (Å²) in [4.78, 5) is 5.12. The van der Waals surface area contributed by atoms with Crippen LogP contribution >= 0.6 is 11.8 Å². The Morgan fingerprint density at radius 1 is 1.08 bits per heavy atom. The van der Waals surface area contributed by atoms with Crippen molar-refractivity contribution in [1.82, 2.24) is 0 Å². The van der Waals surface area contributed by atoms with E-state index in [1.807, 2.05) is 13.8 Å². The number of ether oxygens (including phenoxy) is 2. The summed E-state index contributed by atoms with van der Waals surface area (Å²) in [7, 11) is 0. The molecule has 24 heavy (non-hydrogen) atoms. The standard InChI is InChI=1S/C15H17F4NO3S/c1-7(2)22-14-11(18)9(16)13(10(17)12(14)19)21-6-24-8-5-15(3,4)23-20-8/h7H,5-6H2,1-4H3. The maximum absolute atomic E-state index is 13.9. The Balaban J connectivity index is 2.11. The fourth-order valence-electron chi connectivity index (χ4n) is 1.89. The number of hydrogen-bond acceptors (Lipinski definition) is 5. The first kappa shape index (κ1) is 18.7. The van der Waals surface area contributed by atoms with Gasteiger partial charge in [0, 0.05) is 6.42 Å². The number of benzene rings is 1. The number of hydrogen-bond donors (Lipinski definition) is 0. The number of rotatable bonds is 5. The first-order valence-corrected chi connectivity index (χ1v) is 8.14. The summed E-state index contributed by atoms with van der Waals surface area (Å²) in [6.45, 7) is 6.59. The van der Waals surface area contributed by atoms with E-state index in [4.69, 9.17) is 14.3 Å². The minimum Gasteiger partial charge on any atom is -0.485 e. The van der Waals surface area contributed by atoms with Crippen LogP contribution in [-0.2, 0) is 4.84 Å². The lowest BCUT2D eigenvalue weighted by molar-refractivity contribution is 0.0123. The largest absolute Gasteiger partial charge is 0.485 e. The van der Waals surface area contributed by atoms with E-state index in [1.54, 1.807) is 0 Å². The quantitative estimate of drug-likeness (QED) is 0.433. The van der Waals surface area contributed by atoms with Crippen molar-refractivity contribution in [3.63, 3.8) is 0 Å². The van der Waals surface area contributed by atoms with Gasteiger partial charge in [-0.3, -0.25) is 0 Å². The van der Waals surface area contributed by atoms with Crippen molar-refractivity contribution in [2.75, 3.05) is 5.94 Å². The highest BCUT2D eigenvalue weighted by atomic mass is 32.2. The van der Waals surface area contributed by atoms with E-state index in [9.17, 15) is 17.6 Å². The molecule has 1 aliphatic rings. The Kier molecular flexibility index (Phi) is 5.52. The van der Waals surface area contributed by atoms with Crippen molar-refractivity contribution in [1.29, 1.82) is 0 Å². The van der Waals surface area contributed by atoms with E-state index >= 15 is 0 Å². The van der Waals surface area contributed by atoms with Crippen LogP contribution in [0.15, 0.2) is 5.16 Å². The summed E-state index contributed by atoms with van der Waals surface area (Å²) in [6.07, 6.45) is -0.158. The third-order valence-corrected chi connectivity index (χ3v) is 3.72. The van der Waals surface area contributed by atoms with Crippen LogP contribution in [0.5, 0.6) is 11.5 Å². The Labute approximate surface area is 141 Å². The van der Waals surface area contributed by atoms with Gasteiger partial charge in [-0.1, -0.05) is 16.9 Å². The lowest BCUT2D eigenvalue weighted by Gasteiger charge is -2.15. The molecule has 0 N–H and O–H groups in total. The van der Waals surface area contributed by atoms with Gasteiger partial charge in [-0.15, -0.1) is 0 Å². The minimum atomic E-state index is -1.64. The zero-order chi connectivity index (χ0) is 18.1. The average molecular weight is 367 g/mol. The second-order valence-electron chi connectivity index (χ2n) is 6.00. The van der Waals surface area contributed by atoms with Crippen molar-refractivity contribution < 1.29 is 31.9 Å². The molecule has 0 aliphatic carbocycles. The van der Waals surface area contributed by atoms with Crippen LogP contribution in [0.3, 0.4) is 0 Å². The van der Waals surface area contributed by atoms with E-state index in [1.165, 1.54) is 13.8 Å². The van der Waals surface area contributed by atoms with Gasteiger partial charge in [0.2, 0.25) is 23.3 Å². The fourth-order valence-corrected chi connectivity index (χ4v) is 2.75. The molecule has 0 radical (unpaired) electrons. The minimum absolute atomic E-state index is 0.282. The number of halogens is 4. The molecule has 0 amide bonds. The second-order valence-corrected chi connectivity index (χ2v) is 7.00. The molecule has 9 heteroatoms. The highest BCUT2D eigenvalue weighted by Gasteiger charge is 2.31. The maximum Gasteiger partial charge on any atom is 0.207 e. The predicted octanol–water partition coefficient (Wildman–Crippen LogP) is 4.61. The molecular formula is C15H17F4NO3S. The first-order valence-electron chi connectivity index (χ1n) is 7.15. The lowest BCUT2D eigenvalue weighted by atomic mass is 10.1. The predicted molar refractivity (Wildman–Crippen MR) is 82.3 cm³/mol. The monoisotopic (exact) mass is 367 g/mol. The molecule has 2 rings (SSSR count). The van der Waals surface area contributed by atoms with Crippen molar-refractivity contribution >= 4 is 16.8 Å². The van der Waals surface area contributed by atoms with Crippen molar-refractivity contribution in [3.05, 3.63) is 23.3 Å². The highest BCUT2D eigenvalue weighted by Crippen LogP contribution is 2.36.